The van der Waals surface area contributed by atoms with E-state index in [-0.39, 0.29) is 5.91 Å². The van der Waals surface area contributed by atoms with Crippen LogP contribution in [-0.2, 0) is 11.3 Å². The SMILES string of the molecule is CCOc1ccc(N2C(=O)/C(=C/c3cn(CCCOc4ccccc4)c4ccccc34)N(C)C2=S)cc1. The Kier molecular flexibility index (Phi) is 7.23. The van der Waals surface area contributed by atoms with Crippen LogP contribution in [0, 0.1) is 0 Å². The Hall–Kier alpha value is -4.10. The summed E-state index contributed by atoms with van der Waals surface area (Å²) in [6, 6.07) is 25.5. The number of rotatable bonds is 9. The first-order chi connectivity index (χ1) is 18.1. The lowest BCUT2D eigenvalue weighted by Gasteiger charge is -2.16. The molecule has 1 fully saturated rings. The predicted molar refractivity (Wildman–Crippen MR) is 152 cm³/mol. The van der Waals surface area contributed by atoms with Crippen LogP contribution in [0.15, 0.2) is 90.8 Å². The molecule has 0 radical (unpaired) electrons. The second-order valence-corrected chi connectivity index (χ2v) is 9.11. The molecule has 0 spiro atoms. The number of ether oxygens (including phenoxy) is 2. The molecule has 0 N–H and O–H groups in total. The molecular weight excluding hydrogens is 482 g/mol. The molecule has 37 heavy (non-hydrogen) atoms. The molecule has 188 valence electrons. The van der Waals surface area contributed by atoms with Gasteiger partial charge >= 0.3 is 0 Å². The Morgan fingerprint density at radius 1 is 0.892 bits per heavy atom. The summed E-state index contributed by atoms with van der Waals surface area (Å²) in [5.74, 6) is 1.49. The number of para-hydroxylation sites is 2. The maximum absolute atomic E-state index is 13.5. The van der Waals surface area contributed by atoms with E-state index in [1.165, 1.54) is 0 Å². The summed E-state index contributed by atoms with van der Waals surface area (Å²) in [6.07, 6.45) is 4.89. The van der Waals surface area contributed by atoms with Gasteiger partial charge in [-0.05, 0) is 74.1 Å². The first kappa shape index (κ1) is 24.6. The normalized spacial score (nSPS) is 14.7. The highest BCUT2D eigenvalue weighted by atomic mass is 32.1. The van der Waals surface area contributed by atoms with Gasteiger partial charge < -0.3 is 18.9 Å². The largest absolute Gasteiger partial charge is 0.494 e. The van der Waals surface area contributed by atoms with Crippen LogP contribution in [0.2, 0.25) is 0 Å². The van der Waals surface area contributed by atoms with Gasteiger partial charge in [0.15, 0.2) is 5.11 Å². The van der Waals surface area contributed by atoms with Crippen LogP contribution >= 0.6 is 12.2 Å². The van der Waals surface area contributed by atoms with Crippen molar-refractivity contribution < 1.29 is 14.3 Å². The quantitative estimate of drug-likeness (QED) is 0.154. The zero-order chi connectivity index (χ0) is 25.8. The number of carbonyl (C=O) groups excluding carboxylic acids is 1. The summed E-state index contributed by atoms with van der Waals surface area (Å²) in [4.78, 5) is 16.8. The highest BCUT2D eigenvalue weighted by Gasteiger charge is 2.37. The van der Waals surface area contributed by atoms with E-state index in [0.717, 1.165) is 46.6 Å². The standard InChI is InChI=1S/C30H29N3O3S/c1-3-35-25-16-14-23(15-17-25)33-29(34)28(31(2)30(33)37)20-22-21-32(27-13-8-7-12-26(22)27)18-9-19-36-24-10-5-4-6-11-24/h4-8,10-17,20-21H,3,9,18-19H2,1-2H3/b28-20-. The molecule has 0 unspecified atom stereocenters. The minimum atomic E-state index is -0.148. The Balaban J connectivity index is 1.37. The minimum absolute atomic E-state index is 0.148. The zero-order valence-electron chi connectivity index (χ0n) is 21.0. The van der Waals surface area contributed by atoms with Crippen LogP contribution in [0.4, 0.5) is 5.69 Å². The number of fused-ring (bicyclic) bond motifs is 1. The molecule has 0 bridgehead atoms. The number of anilines is 1. The third-order valence-corrected chi connectivity index (χ3v) is 6.79. The van der Waals surface area contributed by atoms with Gasteiger partial charge in [-0.1, -0.05) is 36.4 Å². The molecule has 1 amide bonds. The van der Waals surface area contributed by atoms with Crippen LogP contribution < -0.4 is 14.4 Å². The van der Waals surface area contributed by atoms with Crippen molar-refractivity contribution in [1.82, 2.24) is 9.47 Å². The van der Waals surface area contributed by atoms with Crippen molar-refractivity contribution in [3.8, 4) is 11.5 Å². The van der Waals surface area contributed by atoms with Crippen molar-refractivity contribution in [1.29, 1.82) is 0 Å². The van der Waals surface area contributed by atoms with Crippen LogP contribution in [0.25, 0.3) is 17.0 Å². The summed E-state index contributed by atoms with van der Waals surface area (Å²) in [7, 11) is 1.83. The van der Waals surface area contributed by atoms with Gasteiger partial charge in [-0.25, -0.2) is 0 Å². The zero-order valence-corrected chi connectivity index (χ0v) is 21.8. The molecule has 3 aromatic carbocycles. The molecule has 1 saturated heterocycles. The summed E-state index contributed by atoms with van der Waals surface area (Å²) >= 11 is 5.65. The Bertz CT molecular complexity index is 1440. The molecule has 6 nitrogen and oxygen atoms in total. The van der Waals surface area contributed by atoms with E-state index in [0.29, 0.717) is 24.0 Å². The lowest BCUT2D eigenvalue weighted by atomic mass is 10.1. The van der Waals surface area contributed by atoms with Crippen molar-refractivity contribution in [2.45, 2.75) is 19.9 Å². The molecule has 1 aromatic heterocycles. The van der Waals surface area contributed by atoms with Crippen molar-refractivity contribution in [3.63, 3.8) is 0 Å². The predicted octanol–water partition coefficient (Wildman–Crippen LogP) is 6.11. The number of hydrogen-bond acceptors (Lipinski definition) is 4. The molecular formula is C30H29N3O3S. The first-order valence-corrected chi connectivity index (χ1v) is 12.8. The summed E-state index contributed by atoms with van der Waals surface area (Å²) < 4.78 is 13.6. The van der Waals surface area contributed by atoms with E-state index in [1.807, 2.05) is 86.8 Å². The monoisotopic (exact) mass is 511 g/mol. The Morgan fingerprint density at radius 3 is 2.35 bits per heavy atom. The number of nitrogens with zero attached hydrogens (tertiary/aromatic N) is 3. The van der Waals surface area contributed by atoms with Crippen LogP contribution in [0.3, 0.4) is 0 Å². The topological polar surface area (TPSA) is 46.9 Å². The van der Waals surface area contributed by atoms with Crippen LogP contribution in [0.5, 0.6) is 11.5 Å². The van der Waals surface area contributed by atoms with Gasteiger partial charge in [-0.2, -0.15) is 0 Å². The second kappa shape index (κ2) is 10.9. The fourth-order valence-corrected chi connectivity index (χ4v) is 4.79. The lowest BCUT2D eigenvalue weighted by Crippen LogP contribution is -2.31. The highest BCUT2D eigenvalue weighted by Crippen LogP contribution is 2.31. The lowest BCUT2D eigenvalue weighted by molar-refractivity contribution is -0.114. The molecule has 4 aromatic rings. The van der Waals surface area contributed by atoms with Gasteiger partial charge in [0.05, 0.1) is 18.9 Å². The first-order valence-electron chi connectivity index (χ1n) is 12.4. The molecule has 1 aliphatic rings. The van der Waals surface area contributed by atoms with E-state index in [9.17, 15) is 4.79 Å². The van der Waals surface area contributed by atoms with Gasteiger partial charge in [-0.15, -0.1) is 0 Å². The number of benzene rings is 3. The van der Waals surface area contributed by atoms with Gasteiger partial charge in [-0.3, -0.25) is 9.69 Å². The average Bonchev–Trinajstić information content (AvgIpc) is 3.38. The molecule has 7 heteroatoms. The van der Waals surface area contributed by atoms with E-state index >= 15 is 0 Å². The number of amides is 1. The van der Waals surface area contributed by atoms with Crippen molar-refractivity contribution in [2.75, 3.05) is 25.2 Å². The molecule has 1 aliphatic heterocycles. The van der Waals surface area contributed by atoms with Crippen molar-refractivity contribution >= 4 is 45.9 Å². The maximum atomic E-state index is 13.5. The van der Waals surface area contributed by atoms with Crippen molar-refractivity contribution in [2.24, 2.45) is 0 Å². The number of aryl methyl sites for hydroxylation is 1. The van der Waals surface area contributed by atoms with E-state index in [4.69, 9.17) is 21.7 Å². The molecule has 5 rings (SSSR count). The van der Waals surface area contributed by atoms with Crippen molar-refractivity contribution in [3.05, 3.63) is 96.3 Å². The second-order valence-electron chi connectivity index (χ2n) is 8.75. The molecule has 0 aliphatic carbocycles. The number of carbonyl (C=O) groups is 1. The Morgan fingerprint density at radius 2 is 1.59 bits per heavy atom. The fraction of sp³-hybridized carbons (Fsp3) is 0.200. The molecule has 0 atom stereocenters. The third-order valence-electron chi connectivity index (χ3n) is 6.33. The fourth-order valence-electron chi connectivity index (χ4n) is 4.51. The summed E-state index contributed by atoms with van der Waals surface area (Å²) in [5.41, 5.74) is 3.35. The number of thiocarbonyl (C=S) groups is 1. The molecule has 2 heterocycles. The highest BCUT2D eigenvalue weighted by molar-refractivity contribution is 7.80. The van der Waals surface area contributed by atoms with Gasteiger partial charge in [0.1, 0.15) is 17.2 Å². The number of hydrogen-bond donors (Lipinski definition) is 0. The van der Waals surface area contributed by atoms with Gasteiger partial charge in [0.25, 0.3) is 5.91 Å². The van der Waals surface area contributed by atoms with Crippen LogP contribution in [-0.4, -0.2) is 40.7 Å². The van der Waals surface area contributed by atoms with Crippen LogP contribution in [0.1, 0.15) is 18.9 Å². The smallest absolute Gasteiger partial charge is 0.281 e. The van der Waals surface area contributed by atoms with E-state index in [2.05, 4.69) is 22.9 Å². The third kappa shape index (κ3) is 5.08. The maximum Gasteiger partial charge on any atom is 0.281 e. The average molecular weight is 512 g/mol. The van der Waals surface area contributed by atoms with Gasteiger partial charge in [0.2, 0.25) is 0 Å². The van der Waals surface area contributed by atoms with E-state index in [1.54, 1.807) is 9.80 Å². The summed E-state index contributed by atoms with van der Waals surface area (Å²) in [6.45, 7) is 3.95. The minimum Gasteiger partial charge on any atom is -0.494 e. The number of likely N-dealkylation sites (N-methyl/N-ethyl adjacent to an activating group) is 1. The molecule has 0 saturated carbocycles. The van der Waals surface area contributed by atoms with E-state index < -0.39 is 0 Å². The van der Waals surface area contributed by atoms with Gasteiger partial charge in [0, 0.05) is 36.3 Å². The Labute approximate surface area is 222 Å². The number of aromatic nitrogens is 1. The summed E-state index contributed by atoms with van der Waals surface area (Å²) in [5, 5.41) is 1.54.